The van der Waals surface area contributed by atoms with E-state index in [4.69, 9.17) is 4.98 Å². The molecule has 3 aromatic rings. The molecule has 0 fully saturated rings. The molecule has 0 radical (unpaired) electrons. The first-order valence-corrected chi connectivity index (χ1v) is 5.75. The Labute approximate surface area is 100 Å². The molecular weight excluding hydrogens is 210 g/mol. The minimum absolute atomic E-state index is 0.859. The van der Waals surface area contributed by atoms with Gasteiger partial charge in [-0.1, -0.05) is 12.1 Å². The van der Waals surface area contributed by atoms with Crippen LogP contribution in [0.4, 0.5) is 0 Å². The third-order valence-electron chi connectivity index (χ3n) is 2.91. The van der Waals surface area contributed by atoms with Crippen LogP contribution >= 0.6 is 0 Å². The molecule has 0 unspecified atom stereocenters. The van der Waals surface area contributed by atoms with Crippen molar-refractivity contribution in [2.75, 3.05) is 14.1 Å². The number of nitrogens with zero attached hydrogens (tertiary/aromatic N) is 3. The third kappa shape index (κ3) is 1.68. The van der Waals surface area contributed by atoms with E-state index in [1.807, 2.05) is 6.07 Å². The molecule has 86 valence electrons. The summed E-state index contributed by atoms with van der Waals surface area (Å²) in [5.41, 5.74) is 4.53. The second kappa shape index (κ2) is 3.86. The number of hydrogen-bond donors (Lipinski definition) is 0. The SMILES string of the molecule is CN(C)Cc1nc2ccccc2n2cccc12. The van der Waals surface area contributed by atoms with Crippen molar-refractivity contribution in [3.05, 3.63) is 48.3 Å². The maximum absolute atomic E-state index is 4.75. The smallest absolute Gasteiger partial charge is 0.0874 e. The molecule has 2 heterocycles. The van der Waals surface area contributed by atoms with Gasteiger partial charge in [0.2, 0.25) is 0 Å². The Hall–Kier alpha value is -1.87. The lowest BCUT2D eigenvalue weighted by Crippen LogP contribution is -2.13. The largest absolute Gasteiger partial charge is 0.313 e. The van der Waals surface area contributed by atoms with Crippen LogP contribution in [0.5, 0.6) is 0 Å². The lowest BCUT2D eigenvalue weighted by molar-refractivity contribution is 0.398. The predicted molar refractivity (Wildman–Crippen MR) is 70.1 cm³/mol. The van der Waals surface area contributed by atoms with E-state index in [2.05, 4.69) is 59.9 Å². The van der Waals surface area contributed by atoms with E-state index in [0.29, 0.717) is 0 Å². The number of hydrogen-bond acceptors (Lipinski definition) is 2. The highest BCUT2D eigenvalue weighted by Gasteiger charge is 2.07. The highest BCUT2D eigenvalue weighted by molar-refractivity contribution is 5.79. The molecule has 1 aromatic carbocycles. The van der Waals surface area contributed by atoms with Gasteiger partial charge in [-0.2, -0.15) is 0 Å². The molecule has 0 N–H and O–H groups in total. The second-order valence-electron chi connectivity index (χ2n) is 4.55. The fourth-order valence-corrected chi connectivity index (χ4v) is 2.21. The Balaban J connectivity index is 2.35. The molecule has 0 spiro atoms. The summed E-state index contributed by atoms with van der Waals surface area (Å²) < 4.78 is 2.21. The molecule has 2 aromatic heterocycles. The van der Waals surface area contributed by atoms with Crippen molar-refractivity contribution in [3.63, 3.8) is 0 Å². The van der Waals surface area contributed by atoms with Crippen LogP contribution in [0.3, 0.4) is 0 Å². The van der Waals surface area contributed by atoms with Crippen molar-refractivity contribution in [3.8, 4) is 0 Å². The number of aromatic nitrogens is 2. The van der Waals surface area contributed by atoms with Gasteiger partial charge in [0, 0.05) is 12.7 Å². The first kappa shape index (κ1) is 10.3. The molecule has 3 heteroatoms. The number of fused-ring (bicyclic) bond motifs is 3. The molecule has 3 nitrogen and oxygen atoms in total. The topological polar surface area (TPSA) is 20.5 Å². The van der Waals surface area contributed by atoms with E-state index in [-0.39, 0.29) is 0 Å². The monoisotopic (exact) mass is 225 g/mol. The fourth-order valence-electron chi connectivity index (χ4n) is 2.21. The van der Waals surface area contributed by atoms with Crippen molar-refractivity contribution in [2.24, 2.45) is 0 Å². The van der Waals surface area contributed by atoms with E-state index >= 15 is 0 Å². The summed E-state index contributed by atoms with van der Waals surface area (Å²) in [6.07, 6.45) is 2.10. The summed E-state index contributed by atoms with van der Waals surface area (Å²) in [7, 11) is 4.13. The van der Waals surface area contributed by atoms with E-state index in [1.165, 1.54) is 5.52 Å². The maximum atomic E-state index is 4.75. The van der Waals surface area contributed by atoms with Gasteiger partial charge < -0.3 is 9.30 Å². The fraction of sp³-hybridized carbons (Fsp3) is 0.214. The minimum atomic E-state index is 0.859. The van der Waals surface area contributed by atoms with Crippen molar-refractivity contribution < 1.29 is 0 Å². The van der Waals surface area contributed by atoms with Gasteiger partial charge in [-0.05, 0) is 38.4 Å². The van der Waals surface area contributed by atoms with Gasteiger partial charge >= 0.3 is 0 Å². The number of para-hydroxylation sites is 2. The lowest BCUT2D eigenvalue weighted by atomic mass is 10.2. The molecule has 17 heavy (non-hydrogen) atoms. The van der Waals surface area contributed by atoms with Crippen molar-refractivity contribution in [2.45, 2.75) is 6.54 Å². The molecule has 0 amide bonds. The summed E-state index contributed by atoms with van der Waals surface area (Å²) in [6.45, 7) is 0.859. The van der Waals surface area contributed by atoms with Crippen LogP contribution in [0.1, 0.15) is 5.69 Å². The van der Waals surface area contributed by atoms with Crippen molar-refractivity contribution in [1.82, 2.24) is 14.3 Å². The Morgan fingerprint density at radius 3 is 2.65 bits per heavy atom. The van der Waals surface area contributed by atoms with Crippen LogP contribution in [0, 0.1) is 0 Å². The van der Waals surface area contributed by atoms with E-state index in [0.717, 1.165) is 23.3 Å². The molecule has 3 rings (SSSR count). The third-order valence-corrected chi connectivity index (χ3v) is 2.91. The van der Waals surface area contributed by atoms with Crippen molar-refractivity contribution in [1.29, 1.82) is 0 Å². The Morgan fingerprint density at radius 2 is 1.82 bits per heavy atom. The molecule has 0 aliphatic rings. The second-order valence-corrected chi connectivity index (χ2v) is 4.55. The zero-order valence-corrected chi connectivity index (χ0v) is 10.1. The van der Waals surface area contributed by atoms with Gasteiger partial charge in [0.05, 0.1) is 22.2 Å². The van der Waals surface area contributed by atoms with Crippen LogP contribution < -0.4 is 0 Å². The molecular formula is C14H15N3. The Morgan fingerprint density at radius 1 is 1.06 bits per heavy atom. The van der Waals surface area contributed by atoms with Crippen LogP contribution in [0.15, 0.2) is 42.6 Å². The average Bonchev–Trinajstić information content (AvgIpc) is 2.78. The quantitative estimate of drug-likeness (QED) is 0.668. The Bertz CT molecular complexity index is 667. The first-order chi connectivity index (χ1) is 8.25. The zero-order valence-electron chi connectivity index (χ0n) is 10.1. The van der Waals surface area contributed by atoms with Crippen LogP contribution in [0.25, 0.3) is 16.6 Å². The van der Waals surface area contributed by atoms with E-state index in [9.17, 15) is 0 Å². The van der Waals surface area contributed by atoms with Gasteiger partial charge in [0.25, 0.3) is 0 Å². The van der Waals surface area contributed by atoms with Gasteiger partial charge in [-0.25, -0.2) is 4.98 Å². The maximum Gasteiger partial charge on any atom is 0.0874 e. The number of benzene rings is 1. The summed E-state index contributed by atoms with van der Waals surface area (Å²) >= 11 is 0. The summed E-state index contributed by atoms with van der Waals surface area (Å²) in [5, 5.41) is 0. The first-order valence-electron chi connectivity index (χ1n) is 5.75. The zero-order chi connectivity index (χ0) is 11.8. The van der Waals surface area contributed by atoms with Crippen molar-refractivity contribution >= 4 is 16.6 Å². The van der Waals surface area contributed by atoms with Crippen LogP contribution in [0.2, 0.25) is 0 Å². The number of rotatable bonds is 2. The van der Waals surface area contributed by atoms with Gasteiger partial charge in [0.1, 0.15) is 0 Å². The predicted octanol–water partition coefficient (Wildman–Crippen LogP) is 2.55. The van der Waals surface area contributed by atoms with Gasteiger partial charge in [-0.3, -0.25) is 0 Å². The van der Waals surface area contributed by atoms with E-state index in [1.54, 1.807) is 0 Å². The van der Waals surface area contributed by atoms with Crippen LogP contribution in [-0.2, 0) is 6.54 Å². The Kier molecular flexibility index (Phi) is 2.34. The molecule has 0 aliphatic carbocycles. The molecule has 0 bridgehead atoms. The molecule has 0 saturated heterocycles. The summed E-state index contributed by atoms with van der Waals surface area (Å²) in [4.78, 5) is 6.90. The van der Waals surface area contributed by atoms with Gasteiger partial charge in [0.15, 0.2) is 0 Å². The standard InChI is InChI=1S/C14H15N3/c1-16(2)10-12-14-8-5-9-17(14)13-7-4-3-6-11(13)15-12/h3-9H,10H2,1-2H3. The highest BCUT2D eigenvalue weighted by Crippen LogP contribution is 2.19. The average molecular weight is 225 g/mol. The van der Waals surface area contributed by atoms with Crippen LogP contribution in [-0.4, -0.2) is 28.4 Å². The van der Waals surface area contributed by atoms with E-state index < -0.39 is 0 Å². The lowest BCUT2D eigenvalue weighted by Gasteiger charge is -2.12. The molecule has 0 saturated carbocycles. The molecule has 0 atom stereocenters. The highest BCUT2D eigenvalue weighted by atomic mass is 15.1. The minimum Gasteiger partial charge on any atom is -0.313 e. The van der Waals surface area contributed by atoms with Gasteiger partial charge in [-0.15, -0.1) is 0 Å². The summed E-state index contributed by atoms with van der Waals surface area (Å²) in [5.74, 6) is 0. The molecule has 0 aliphatic heterocycles. The summed E-state index contributed by atoms with van der Waals surface area (Å²) in [6, 6.07) is 12.4. The normalized spacial score (nSPS) is 11.7.